The molecular formula is C16H22N2S. The van der Waals surface area contributed by atoms with Crippen molar-refractivity contribution >= 4 is 11.3 Å². The molecule has 1 heterocycles. The average molecular weight is 274 g/mol. The average Bonchev–Trinajstić information content (AvgIpc) is 2.91. The normalized spacial score (nSPS) is 12.5. The lowest BCUT2D eigenvalue weighted by Gasteiger charge is -2.08. The predicted molar refractivity (Wildman–Crippen MR) is 82.6 cm³/mol. The zero-order valence-electron chi connectivity index (χ0n) is 11.7. The van der Waals surface area contributed by atoms with Crippen LogP contribution in [0.5, 0.6) is 0 Å². The molecule has 2 aromatic rings. The second kappa shape index (κ2) is 7.41. The molecule has 1 aromatic carbocycles. The zero-order valence-corrected chi connectivity index (χ0v) is 12.5. The topological polar surface area (TPSA) is 24.9 Å². The van der Waals surface area contributed by atoms with Crippen molar-refractivity contribution in [3.8, 4) is 0 Å². The number of aryl methyl sites for hydroxylation is 2. The van der Waals surface area contributed by atoms with Crippen LogP contribution < -0.4 is 5.32 Å². The van der Waals surface area contributed by atoms with E-state index in [9.17, 15) is 0 Å². The van der Waals surface area contributed by atoms with E-state index in [1.807, 2.05) is 17.5 Å². The van der Waals surface area contributed by atoms with Crippen LogP contribution in [-0.2, 0) is 19.4 Å². The van der Waals surface area contributed by atoms with Crippen molar-refractivity contribution in [1.82, 2.24) is 10.3 Å². The van der Waals surface area contributed by atoms with Gasteiger partial charge in [0.15, 0.2) is 0 Å². The Morgan fingerprint density at radius 2 is 2.00 bits per heavy atom. The van der Waals surface area contributed by atoms with E-state index in [2.05, 4.69) is 54.5 Å². The molecule has 3 heteroatoms. The van der Waals surface area contributed by atoms with E-state index >= 15 is 0 Å². The third-order valence-corrected chi connectivity index (χ3v) is 4.37. The zero-order chi connectivity index (χ0) is 13.5. The summed E-state index contributed by atoms with van der Waals surface area (Å²) in [6.45, 7) is 5.37. The van der Waals surface area contributed by atoms with Crippen LogP contribution in [0.15, 0.2) is 36.5 Å². The molecule has 1 atom stereocenters. The highest BCUT2D eigenvalue weighted by Gasteiger charge is 2.04. The van der Waals surface area contributed by atoms with Gasteiger partial charge in [-0.1, -0.05) is 37.3 Å². The molecule has 0 spiro atoms. The lowest BCUT2D eigenvalue weighted by molar-refractivity contribution is 0.537. The summed E-state index contributed by atoms with van der Waals surface area (Å²) < 4.78 is 0. The Balaban J connectivity index is 1.81. The molecule has 1 N–H and O–H groups in total. The van der Waals surface area contributed by atoms with Gasteiger partial charge in [-0.15, -0.1) is 11.3 Å². The highest BCUT2D eigenvalue weighted by Crippen LogP contribution is 2.15. The van der Waals surface area contributed by atoms with E-state index in [4.69, 9.17) is 0 Å². The number of nitrogens with one attached hydrogen (secondary N) is 1. The Bertz CT molecular complexity index is 479. The Morgan fingerprint density at radius 3 is 2.74 bits per heavy atom. The Kier molecular flexibility index (Phi) is 5.55. The van der Waals surface area contributed by atoms with Crippen LogP contribution in [0, 0.1) is 0 Å². The number of aromatic nitrogens is 1. The smallest absolute Gasteiger partial charge is 0.0931 e. The summed E-state index contributed by atoms with van der Waals surface area (Å²) in [7, 11) is 0. The van der Waals surface area contributed by atoms with Gasteiger partial charge >= 0.3 is 0 Å². The van der Waals surface area contributed by atoms with Gasteiger partial charge in [-0.05, 0) is 25.3 Å². The van der Waals surface area contributed by atoms with Crippen molar-refractivity contribution in [2.45, 2.75) is 45.7 Å². The first-order valence-electron chi connectivity index (χ1n) is 6.99. The van der Waals surface area contributed by atoms with Gasteiger partial charge in [0.25, 0.3) is 0 Å². The van der Waals surface area contributed by atoms with Crippen molar-refractivity contribution in [2.24, 2.45) is 0 Å². The van der Waals surface area contributed by atoms with Gasteiger partial charge in [0.2, 0.25) is 0 Å². The molecule has 0 aliphatic rings. The fraction of sp³-hybridized carbons (Fsp3) is 0.438. The van der Waals surface area contributed by atoms with Crippen LogP contribution in [-0.4, -0.2) is 11.0 Å². The molecule has 1 aromatic heterocycles. The molecule has 2 nitrogen and oxygen atoms in total. The molecule has 0 amide bonds. The van der Waals surface area contributed by atoms with Gasteiger partial charge < -0.3 is 5.32 Å². The highest BCUT2D eigenvalue weighted by molar-refractivity contribution is 7.11. The predicted octanol–water partition coefficient (Wildman–Crippen LogP) is 3.82. The minimum absolute atomic E-state index is 0.579. The first-order valence-corrected chi connectivity index (χ1v) is 7.80. The second-order valence-corrected chi connectivity index (χ2v) is 6.10. The van der Waals surface area contributed by atoms with Crippen LogP contribution in [0.3, 0.4) is 0 Å². The largest absolute Gasteiger partial charge is 0.309 e. The van der Waals surface area contributed by atoms with Gasteiger partial charge in [-0.3, -0.25) is 0 Å². The molecule has 0 saturated carbocycles. The molecule has 0 fully saturated rings. The number of benzene rings is 1. The van der Waals surface area contributed by atoms with Crippen LogP contribution in [0.4, 0.5) is 0 Å². The maximum atomic E-state index is 4.51. The van der Waals surface area contributed by atoms with Crippen molar-refractivity contribution in [3.05, 3.63) is 52.0 Å². The molecule has 102 valence electrons. The van der Waals surface area contributed by atoms with Gasteiger partial charge in [-0.25, -0.2) is 4.98 Å². The van der Waals surface area contributed by atoms with Crippen molar-refractivity contribution in [2.75, 3.05) is 0 Å². The fourth-order valence-corrected chi connectivity index (χ4v) is 2.73. The molecule has 1 unspecified atom stereocenters. The van der Waals surface area contributed by atoms with Crippen LogP contribution in [0.2, 0.25) is 0 Å². The third-order valence-electron chi connectivity index (χ3n) is 3.31. The molecule has 0 aliphatic carbocycles. The van der Waals surface area contributed by atoms with Crippen molar-refractivity contribution in [3.63, 3.8) is 0 Å². The molecule has 0 radical (unpaired) electrons. The molecule has 0 bridgehead atoms. The molecular weight excluding hydrogens is 252 g/mol. The second-order valence-electron chi connectivity index (χ2n) is 4.90. The van der Waals surface area contributed by atoms with Gasteiger partial charge in [0, 0.05) is 30.1 Å². The Hall–Kier alpha value is -1.19. The summed E-state index contributed by atoms with van der Waals surface area (Å²) in [5, 5.41) is 4.75. The van der Waals surface area contributed by atoms with Crippen molar-refractivity contribution in [1.29, 1.82) is 0 Å². The number of nitrogens with zero attached hydrogens (tertiary/aromatic N) is 1. The lowest BCUT2D eigenvalue weighted by atomic mass is 10.1. The monoisotopic (exact) mass is 274 g/mol. The summed E-state index contributed by atoms with van der Waals surface area (Å²) in [4.78, 5) is 5.85. The van der Waals surface area contributed by atoms with Crippen LogP contribution in [0.25, 0.3) is 0 Å². The summed E-state index contributed by atoms with van der Waals surface area (Å²) in [6.07, 6.45) is 5.30. The first-order chi connectivity index (χ1) is 9.28. The highest BCUT2D eigenvalue weighted by atomic mass is 32.1. The number of thiazole rings is 1. The molecule has 0 aliphatic heterocycles. The number of hydrogen-bond acceptors (Lipinski definition) is 3. The summed E-state index contributed by atoms with van der Waals surface area (Å²) in [6, 6.07) is 11.2. The standard InChI is InChI=1S/C16H22N2S/c1-3-13(2)17-11-15-12-18-16(19-15)10-9-14-7-5-4-6-8-14/h4-8,12-13,17H,3,9-11H2,1-2H3. The minimum Gasteiger partial charge on any atom is -0.309 e. The Morgan fingerprint density at radius 1 is 1.21 bits per heavy atom. The molecule has 2 rings (SSSR count). The summed E-state index contributed by atoms with van der Waals surface area (Å²) >= 11 is 1.83. The summed E-state index contributed by atoms with van der Waals surface area (Å²) in [5.41, 5.74) is 1.39. The first kappa shape index (κ1) is 14.2. The lowest BCUT2D eigenvalue weighted by Crippen LogP contribution is -2.23. The van der Waals surface area contributed by atoms with Crippen LogP contribution in [0.1, 0.15) is 35.7 Å². The van der Waals surface area contributed by atoms with Gasteiger partial charge in [0.05, 0.1) is 5.01 Å². The molecule has 0 saturated heterocycles. The third kappa shape index (κ3) is 4.77. The minimum atomic E-state index is 0.579. The fourth-order valence-electron chi connectivity index (χ4n) is 1.86. The SMILES string of the molecule is CCC(C)NCc1cnc(CCc2ccccc2)s1. The van der Waals surface area contributed by atoms with Gasteiger partial charge in [-0.2, -0.15) is 0 Å². The van der Waals surface area contributed by atoms with E-state index in [0.29, 0.717) is 6.04 Å². The number of hydrogen-bond donors (Lipinski definition) is 1. The maximum absolute atomic E-state index is 4.51. The Labute approximate surface area is 119 Å². The molecule has 19 heavy (non-hydrogen) atoms. The number of rotatable bonds is 7. The van der Waals surface area contributed by atoms with Crippen molar-refractivity contribution < 1.29 is 0 Å². The van der Waals surface area contributed by atoms with E-state index < -0.39 is 0 Å². The van der Waals surface area contributed by atoms with E-state index in [1.54, 1.807) is 0 Å². The van der Waals surface area contributed by atoms with E-state index in [1.165, 1.54) is 21.9 Å². The summed E-state index contributed by atoms with van der Waals surface area (Å²) in [5.74, 6) is 0. The van der Waals surface area contributed by atoms with E-state index in [-0.39, 0.29) is 0 Å². The maximum Gasteiger partial charge on any atom is 0.0931 e. The van der Waals surface area contributed by atoms with Gasteiger partial charge in [0.1, 0.15) is 0 Å². The quantitative estimate of drug-likeness (QED) is 0.830. The van der Waals surface area contributed by atoms with Crippen LogP contribution >= 0.6 is 11.3 Å². The van der Waals surface area contributed by atoms with E-state index in [0.717, 1.165) is 19.4 Å².